The Bertz CT molecular complexity index is 1340. The van der Waals surface area contributed by atoms with E-state index in [2.05, 4.69) is 10.6 Å². The van der Waals surface area contributed by atoms with Crippen molar-refractivity contribution in [2.24, 2.45) is 0 Å². The molecule has 0 aliphatic carbocycles. The molecule has 3 amide bonds. The minimum absolute atomic E-state index is 0.0619. The number of ether oxygens (including phenoxy) is 1. The van der Waals surface area contributed by atoms with E-state index in [9.17, 15) is 24.3 Å². The number of amides is 3. The Balaban J connectivity index is 1.64. The Kier molecular flexibility index (Phi) is 7.91. The summed E-state index contributed by atoms with van der Waals surface area (Å²) in [5, 5.41) is 15.2. The van der Waals surface area contributed by atoms with E-state index in [0.29, 0.717) is 22.5 Å². The Labute approximate surface area is 219 Å². The number of nitrogens with zero attached hydrogens (tertiary/aromatic N) is 1. The largest absolute Gasteiger partial charge is 0.508 e. The molecule has 0 bridgehead atoms. The molecule has 10 heteroatoms. The molecule has 0 aromatic heterocycles. The number of phenolic OH excluding ortho intramolecular Hbond substituents is 1. The molecule has 1 aliphatic rings. The predicted octanol–water partition coefficient (Wildman–Crippen LogP) is 2.40. The van der Waals surface area contributed by atoms with E-state index in [-0.39, 0.29) is 24.2 Å². The predicted molar refractivity (Wildman–Crippen MR) is 140 cm³/mol. The lowest BCUT2D eigenvalue weighted by Gasteiger charge is -2.29. The summed E-state index contributed by atoms with van der Waals surface area (Å²) in [4.78, 5) is 53.5. The van der Waals surface area contributed by atoms with Crippen molar-refractivity contribution >= 4 is 35.1 Å². The van der Waals surface area contributed by atoms with Gasteiger partial charge >= 0.3 is 5.97 Å². The summed E-state index contributed by atoms with van der Waals surface area (Å²) in [6.07, 6.45) is -0.0180. The molecule has 10 nitrogen and oxygen atoms in total. The number of esters is 1. The van der Waals surface area contributed by atoms with E-state index in [1.807, 2.05) is 6.07 Å². The Morgan fingerprint density at radius 3 is 2.47 bits per heavy atom. The van der Waals surface area contributed by atoms with Crippen LogP contribution >= 0.6 is 0 Å². The number of hydrogen-bond donors (Lipinski definition) is 4. The normalized spacial score (nSPS) is 15.6. The number of hydrogen-bond acceptors (Lipinski definition) is 7. The van der Waals surface area contributed by atoms with Gasteiger partial charge in [-0.25, -0.2) is 0 Å². The quantitative estimate of drug-likeness (QED) is 0.265. The maximum Gasteiger partial charge on any atom is 0.307 e. The Hall–Kier alpha value is -4.86. The van der Waals surface area contributed by atoms with Gasteiger partial charge in [0, 0.05) is 12.1 Å². The number of nitrogen functional groups attached to an aromatic ring is 1. The standard InChI is InChI=1S/C28H28N4O6/c1-38-26(35)15-23(18-5-3-2-4-6-18)30-25(34)16-32-24(13-17-7-10-20(33)11-8-17)27(36)31-22-12-9-19(29)14-21(22)28(32)37/h2-12,14,23-24,33H,13,15-16,29H2,1H3,(H,30,34)(H,31,36)/t23?,24-/m0/s1. The van der Waals surface area contributed by atoms with Crippen LogP contribution in [0.5, 0.6) is 5.75 Å². The van der Waals surface area contributed by atoms with Crippen LogP contribution in [0.25, 0.3) is 0 Å². The molecule has 5 N–H and O–H groups in total. The number of nitrogens with two attached hydrogens (primary N) is 1. The van der Waals surface area contributed by atoms with Crippen LogP contribution in [-0.2, 0) is 25.5 Å². The zero-order valence-corrected chi connectivity index (χ0v) is 20.7. The highest BCUT2D eigenvalue weighted by Crippen LogP contribution is 2.27. The van der Waals surface area contributed by atoms with Crippen molar-refractivity contribution in [3.8, 4) is 5.75 Å². The zero-order valence-electron chi connectivity index (χ0n) is 20.7. The van der Waals surface area contributed by atoms with Gasteiger partial charge in [0.05, 0.1) is 30.8 Å². The van der Waals surface area contributed by atoms with Crippen LogP contribution in [0.4, 0.5) is 11.4 Å². The number of fused-ring (bicyclic) bond motifs is 1. The molecule has 0 saturated carbocycles. The highest BCUT2D eigenvalue weighted by molar-refractivity contribution is 6.11. The van der Waals surface area contributed by atoms with Gasteiger partial charge < -0.3 is 31.1 Å². The number of methoxy groups -OCH3 is 1. The van der Waals surface area contributed by atoms with E-state index in [0.717, 1.165) is 0 Å². The molecule has 0 radical (unpaired) electrons. The second kappa shape index (κ2) is 11.5. The smallest absolute Gasteiger partial charge is 0.307 e. The summed E-state index contributed by atoms with van der Waals surface area (Å²) >= 11 is 0. The van der Waals surface area contributed by atoms with Crippen molar-refractivity contribution in [2.75, 3.05) is 24.7 Å². The van der Waals surface area contributed by atoms with E-state index in [1.165, 1.54) is 30.2 Å². The van der Waals surface area contributed by atoms with Crippen molar-refractivity contribution in [1.29, 1.82) is 0 Å². The minimum Gasteiger partial charge on any atom is -0.508 e. The minimum atomic E-state index is -1.04. The molecule has 3 aromatic rings. The first-order chi connectivity index (χ1) is 18.2. The summed E-state index contributed by atoms with van der Waals surface area (Å²) in [6.45, 7) is -0.451. The first kappa shape index (κ1) is 26.2. The van der Waals surface area contributed by atoms with Crippen LogP contribution in [0, 0.1) is 0 Å². The lowest BCUT2D eigenvalue weighted by molar-refractivity contribution is -0.141. The number of benzene rings is 3. The summed E-state index contributed by atoms with van der Waals surface area (Å²) < 4.78 is 4.79. The molecular formula is C28H28N4O6. The third kappa shape index (κ3) is 6.09. The average Bonchev–Trinajstić information content (AvgIpc) is 3.00. The lowest BCUT2D eigenvalue weighted by atomic mass is 10.0. The number of anilines is 2. The van der Waals surface area contributed by atoms with Gasteiger partial charge in [0.25, 0.3) is 5.91 Å². The van der Waals surface area contributed by atoms with Gasteiger partial charge in [-0.05, 0) is 41.5 Å². The topological polar surface area (TPSA) is 151 Å². The first-order valence-electron chi connectivity index (χ1n) is 12.0. The maximum absolute atomic E-state index is 13.7. The van der Waals surface area contributed by atoms with Gasteiger partial charge in [-0.3, -0.25) is 19.2 Å². The molecule has 1 aliphatic heterocycles. The molecule has 0 fully saturated rings. The van der Waals surface area contributed by atoms with Gasteiger partial charge in [0.15, 0.2) is 0 Å². The third-order valence-electron chi connectivity index (χ3n) is 6.29. The van der Waals surface area contributed by atoms with Crippen LogP contribution in [0.15, 0.2) is 72.8 Å². The number of carbonyl (C=O) groups is 4. The lowest BCUT2D eigenvalue weighted by Crippen LogP contribution is -2.51. The number of carbonyl (C=O) groups excluding carboxylic acids is 4. The summed E-state index contributed by atoms with van der Waals surface area (Å²) in [6, 6.07) is 18.0. The first-order valence-corrected chi connectivity index (χ1v) is 12.0. The van der Waals surface area contributed by atoms with Gasteiger partial charge in [-0.2, -0.15) is 0 Å². The van der Waals surface area contributed by atoms with Crippen molar-refractivity contribution in [2.45, 2.75) is 24.9 Å². The van der Waals surface area contributed by atoms with Gasteiger partial charge in [-0.1, -0.05) is 42.5 Å². The summed E-state index contributed by atoms with van der Waals surface area (Å²) in [7, 11) is 1.26. The van der Waals surface area contributed by atoms with Crippen molar-refractivity contribution < 1.29 is 29.0 Å². The average molecular weight is 517 g/mol. The van der Waals surface area contributed by atoms with Crippen LogP contribution < -0.4 is 16.4 Å². The highest BCUT2D eigenvalue weighted by atomic mass is 16.5. The highest BCUT2D eigenvalue weighted by Gasteiger charge is 2.37. The van der Waals surface area contributed by atoms with E-state index in [1.54, 1.807) is 48.5 Å². The second-order valence-electron chi connectivity index (χ2n) is 8.92. The zero-order chi connectivity index (χ0) is 27.2. The number of nitrogens with one attached hydrogen (secondary N) is 2. The molecule has 0 saturated heterocycles. The summed E-state index contributed by atoms with van der Waals surface area (Å²) in [5.41, 5.74) is 8.06. The molecular weight excluding hydrogens is 488 g/mol. The van der Waals surface area contributed by atoms with Gasteiger partial charge in [0.1, 0.15) is 18.3 Å². The Morgan fingerprint density at radius 2 is 1.79 bits per heavy atom. The van der Waals surface area contributed by atoms with Crippen molar-refractivity contribution in [3.05, 3.63) is 89.5 Å². The molecule has 196 valence electrons. The van der Waals surface area contributed by atoms with E-state index < -0.39 is 42.3 Å². The molecule has 4 rings (SSSR count). The number of phenols is 1. The SMILES string of the molecule is COC(=O)CC(NC(=O)CN1C(=O)c2cc(N)ccc2NC(=O)[C@@H]1Cc1ccc(O)cc1)c1ccccc1. The van der Waals surface area contributed by atoms with E-state index >= 15 is 0 Å². The number of aromatic hydroxyl groups is 1. The monoisotopic (exact) mass is 516 g/mol. The molecule has 1 unspecified atom stereocenters. The van der Waals surface area contributed by atoms with Gasteiger partial charge in [-0.15, -0.1) is 0 Å². The van der Waals surface area contributed by atoms with Crippen LogP contribution in [-0.4, -0.2) is 53.4 Å². The molecule has 0 spiro atoms. The molecule has 3 aromatic carbocycles. The van der Waals surface area contributed by atoms with Crippen molar-refractivity contribution in [3.63, 3.8) is 0 Å². The van der Waals surface area contributed by atoms with Crippen LogP contribution in [0.2, 0.25) is 0 Å². The second-order valence-corrected chi connectivity index (χ2v) is 8.92. The van der Waals surface area contributed by atoms with Crippen LogP contribution in [0.3, 0.4) is 0 Å². The fourth-order valence-electron chi connectivity index (χ4n) is 4.32. The van der Waals surface area contributed by atoms with E-state index in [4.69, 9.17) is 10.5 Å². The third-order valence-corrected chi connectivity index (χ3v) is 6.29. The van der Waals surface area contributed by atoms with Gasteiger partial charge in [0.2, 0.25) is 11.8 Å². The molecule has 1 heterocycles. The summed E-state index contributed by atoms with van der Waals surface area (Å²) in [5.74, 6) is -2.04. The van der Waals surface area contributed by atoms with Crippen molar-refractivity contribution in [1.82, 2.24) is 10.2 Å². The van der Waals surface area contributed by atoms with Crippen LogP contribution in [0.1, 0.15) is 33.9 Å². The molecule has 38 heavy (non-hydrogen) atoms. The number of rotatable bonds is 8. The Morgan fingerprint density at radius 1 is 1.08 bits per heavy atom. The fourth-order valence-corrected chi connectivity index (χ4v) is 4.32. The molecule has 2 atom stereocenters. The maximum atomic E-state index is 13.7. The fraction of sp³-hybridized carbons (Fsp3) is 0.214.